The lowest BCUT2D eigenvalue weighted by Gasteiger charge is -2.43. The monoisotopic (exact) mass is 334 g/mol. The van der Waals surface area contributed by atoms with Gasteiger partial charge in [0, 0.05) is 35.4 Å². The van der Waals surface area contributed by atoms with Crippen molar-refractivity contribution < 1.29 is 19.5 Å². The Morgan fingerprint density at radius 3 is 1.62 bits per heavy atom. The van der Waals surface area contributed by atoms with Gasteiger partial charge in [-0.1, -0.05) is 27.7 Å². The van der Waals surface area contributed by atoms with Crippen LogP contribution in [0.15, 0.2) is 22.5 Å². The number of nitrogens with one attached hydrogen (secondary N) is 1. The Kier molecular flexibility index (Phi) is 4.25. The van der Waals surface area contributed by atoms with Gasteiger partial charge < -0.3 is 21.4 Å². The molecule has 5 N–H and O–H groups in total. The lowest BCUT2D eigenvalue weighted by Crippen LogP contribution is -2.48. The number of Topliss-reactive ketones (excluding diaryl/α,β-unsaturated/α-hetero) is 2. The largest absolute Gasteiger partial charge is 0.549 e. The summed E-state index contributed by atoms with van der Waals surface area (Å²) in [5, 5.41) is 15.0. The molecule has 1 heterocycles. The van der Waals surface area contributed by atoms with Gasteiger partial charge in [-0.25, -0.2) is 0 Å². The molecule has 0 spiro atoms. The summed E-state index contributed by atoms with van der Waals surface area (Å²) in [6.07, 6.45) is 1.78. The van der Waals surface area contributed by atoms with Crippen LogP contribution >= 0.6 is 0 Å². The number of quaternary nitrogens is 1. The Bertz CT molecular complexity index is 646. The molecular formula is C18H26N2O4. The molecule has 0 amide bonds. The van der Waals surface area contributed by atoms with E-state index in [0.29, 0.717) is 37.1 Å². The van der Waals surface area contributed by atoms with E-state index in [0.717, 1.165) is 0 Å². The van der Waals surface area contributed by atoms with Crippen LogP contribution in [0.1, 0.15) is 53.4 Å². The second-order valence-corrected chi connectivity index (χ2v) is 8.54. The second kappa shape index (κ2) is 5.55. The number of allylic oxidation sites excluding steroid dienone is 2. The average molecular weight is 334 g/mol. The maximum Gasteiger partial charge on any atom is 0.162 e. The molecule has 3 rings (SSSR count). The predicted octanol–water partition coefficient (Wildman–Crippen LogP) is 1.62. The van der Waals surface area contributed by atoms with E-state index in [1.807, 2.05) is 27.7 Å². The van der Waals surface area contributed by atoms with Crippen LogP contribution in [-0.2, 0) is 14.4 Å². The fraction of sp³-hybridized carbons (Fsp3) is 0.611. The minimum absolute atomic E-state index is 0. The van der Waals surface area contributed by atoms with Gasteiger partial charge in [0.05, 0.1) is 11.9 Å². The summed E-state index contributed by atoms with van der Waals surface area (Å²) in [6.45, 7) is 7.96. The molecule has 0 aromatic heterocycles. The first-order valence-corrected chi connectivity index (χ1v) is 8.01. The standard InChI is InChI=1S/C18H23NO4.H3N/c1-17(2)5-9-13(11(20)7-17)15(16(22)23)14-10(19-9)6-18(3,4)8-12(14)21;/h15,19H,5-8H2,1-4H3,(H,22,23);1H3. The Morgan fingerprint density at radius 1 is 0.917 bits per heavy atom. The van der Waals surface area contributed by atoms with Crippen LogP contribution < -0.4 is 16.6 Å². The van der Waals surface area contributed by atoms with Gasteiger partial charge in [-0.05, 0) is 23.7 Å². The van der Waals surface area contributed by atoms with Crippen LogP contribution in [0.5, 0.6) is 0 Å². The van der Waals surface area contributed by atoms with Crippen molar-refractivity contribution in [3.05, 3.63) is 22.5 Å². The highest BCUT2D eigenvalue weighted by Crippen LogP contribution is 2.47. The number of carboxylic acid groups (broad SMARTS) is 1. The van der Waals surface area contributed by atoms with Gasteiger partial charge in [-0.2, -0.15) is 0 Å². The van der Waals surface area contributed by atoms with Crippen LogP contribution in [0.3, 0.4) is 0 Å². The first-order valence-electron chi connectivity index (χ1n) is 8.01. The van der Waals surface area contributed by atoms with E-state index in [2.05, 4.69) is 5.32 Å². The maximum atomic E-state index is 12.5. The van der Waals surface area contributed by atoms with Gasteiger partial charge in [0.2, 0.25) is 0 Å². The van der Waals surface area contributed by atoms with Gasteiger partial charge in [0.15, 0.2) is 11.6 Å². The molecule has 0 saturated heterocycles. The molecule has 0 atom stereocenters. The number of dihydropyridines is 1. The van der Waals surface area contributed by atoms with Crippen molar-refractivity contribution >= 4 is 17.5 Å². The lowest BCUT2D eigenvalue weighted by atomic mass is 9.65. The first kappa shape index (κ1) is 18.4. The topological polar surface area (TPSA) is 123 Å². The molecule has 132 valence electrons. The highest BCUT2D eigenvalue weighted by atomic mass is 16.4. The summed E-state index contributed by atoms with van der Waals surface area (Å²) in [6, 6.07) is 0. The fourth-order valence-electron chi connectivity index (χ4n) is 4.12. The third kappa shape index (κ3) is 2.90. The van der Waals surface area contributed by atoms with Crippen molar-refractivity contribution in [1.29, 1.82) is 0 Å². The molecule has 6 heteroatoms. The summed E-state index contributed by atoms with van der Waals surface area (Å²) in [5.41, 5.74) is 1.35. The van der Waals surface area contributed by atoms with E-state index < -0.39 is 11.9 Å². The Hall–Kier alpha value is -1.95. The highest BCUT2D eigenvalue weighted by Gasteiger charge is 2.46. The number of aliphatic carboxylic acids is 1. The molecule has 24 heavy (non-hydrogen) atoms. The number of carbonyl (C=O) groups excluding carboxylic acids is 3. The number of ketones is 2. The van der Waals surface area contributed by atoms with Crippen LogP contribution in [0.2, 0.25) is 0 Å². The molecule has 0 saturated carbocycles. The molecule has 2 aliphatic carbocycles. The van der Waals surface area contributed by atoms with Crippen LogP contribution in [-0.4, -0.2) is 17.5 Å². The third-order valence-electron chi connectivity index (χ3n) is 4.95. The average Bonchev–Trinajstić information content (AvgIpc) is 2.32. The number of rotatable bonds is 1. The van der Waals surface area contributed by atoms with Crippen molar-refractivity contribution in [3.8, 4) is 0 Å². The van der Waals surface area contributed by atoms with E-state index in [-0.39, 0.29) is 39.7 Å². The number of carboxylic acids is 1. The SMILES string of the molecule is CC1(C)CC(=O)C2=C(C1)NC1=C(C(=O)CC(C)(C)C1)C2C(=O)[O-].[NH4+]. The molecule has 0 bridgehead atoms. The van der Waals surface area contributed by atoms with E-state index in [4.69, 9.17) is 0 Å². The van der Waals surface area contributed by atoms with E-state index in [9.17, 15) is 19.5 Å². The van der Waals surface area contributed by atoms with Crippen molar-refractivity contribution in [1.82, 2.24) is 11.5 Å². The number of carbonyl (C=O) groups is 3. The number of hydrogen-bond acceptors (Lipinski definition) is 5. The number of hydrogen-bond donors (Lipinski definition) is 2. The van der Waals surface area contributed by atoms with Crippen molar-refractivity contribution in [2.75, 3.05) is 0 Å². The predicted molar refractivity (Wildman–Crippen MR) is 87.7 cm³/mol. The van der Waals surface area contributed by atoms with Gasteiger partial charge >= 0.3 is 0 Å². The summed E-state index contributed by atoms with van der Waals surface area (Å²) >= 11 is 0. The van der Waals surface area contributed by atoms with Crippen LogP contribution in [0.25, 0.3) is 0 Å². The minimum Gasteiger partial charge on any atom is -0.549 e. The Morgan fingerprint density at radius 2 is 1.29 bits per heavy atom. The molecule has 0 aromatic rings. The molecule has 0 unspecified atom stereocenters. The molecule has 0 aromatic carbocycles. The van der Waals surface area contributed by atoms with Crippen molar-refractivity contribution in [2.24, 2.45) is 16.7 Å². The normalized spacial score (nSPS) is 25.5. The lowest BCUT2D eigenvalue weighted by molar-refractivity contribution is -0.308. The molecular weight excluding hydrogens is 308 g/mol. The first-order chi connectivity index (χ1) is 10.5. The quantitative estimate of drug-likeness (QED) is 0.754. The van der Waals surface area contributed by atoms with Crippen LogP contribution in [0.4, 0.5) is 0 Å². The van der Waals surface area contributed by atoms with Gasteiger partial charge in [0.1, 0.15) is 0 Å². The Labute approximate surface area is 142 Å². The van der Waals surface area contributed by atoms with Crippen molar-refractivity contribution in [2.45, 2.75) is 53.4 Å². The fourth-order valence-corrected chi connectivity index (χ4v) is 4.12. The summed E-state index contributed by atoms with van der Waals surface area (Å²) in [7, 11) is 0. The Balaban J connectivity index is 0.00000208. The maximum absolute atomic E-state index is 12.5. The van der Waals surface area contributed by atoms with Gasteiger partial charge in [-0.3, -0.25) is 9.59 Å². The second-order valence-electron chi connectivity index (χ2n) is 8.54. The zero-order valence-corrected chi connectivity index (χ0v) is 15.0. The molecule has 0 fully saturated rings. The molecule has 1 aliphatic heterocycles. The van der Waals surface area contributed by atoms with Gasteiger partial charge in [-0.15, -0.1) is 0 Å². The summed E-state index contributed by atoms with van der Waals surface area (Å²) < 4.78 is 0. The molecule has 0 radical (unpaired) electrons. The van der Waals surface area contributed by atoms with Gasteiger partial charge in [0.25, 0.3) is 0 Å². The molecule has 6 nitrogen and oxygen atoms in total. The summed E-state index contributed by atoms with van der Waals surface area (Å²) in [4.78, 5) is 36.9. The summed E-state index contributed by atoms with van der Waals surface area (Å²) in [5.74, 6) is -2.95. The smallest absolute Gasteiger partial charge is 0.162 e. The van der Waals surface area contributed by atoms with E-state index in [1.54, 1.807) is 0 Å². The zero-order chi connectivity index (χ0) is 17.2. The highest BCUT2D eigenvalue weighted by molar-refractivity contribution is 6.10. The van der Waals surface area contributed by atoms with Crippen LogP contribution in [0, 0.1) is 16.7 Å². The molecule has 3 aliphatic rings. The van der Waals surface area contributed by atoms with E-state index >= 15 is 0 Å². The zero-order valence-electron chi connectivity index (χ0n) is 15.0. The van der Waals surface area contributed by atoms with Crippen molar-refractivity contribution in [3.63, 3.8) is 0 Å². The third-order valence-corrected chi connectivity index (χ3v) is 4.95. The minimum atomic E-state index is -1.35. The van der Waals surface area contributed by atoms with E-state index in [1.165, 1.54) is 0 Å².